The number of carbonyl (C=O) groups is 1. The topological polar surface area (TPSA) is 55.0 Å². The second-order valence-corrected chi connectivity index (χ2v) is 3.22. The second-order valence-electron chi connectivity index (χ2n) is 3.22. The van der Waals surface area contributed by atoms with Crippen molar-refractivity contribution < 1.29 is 9.53 Å². The highest BCUT2D eigenvalue weighted by Gasteiger charge is 2.08. The SMILES string of the molecule is CCOC(=O)Cc1c[nH]c2ccncc12. The number of nitrogens with zero attached hydrogens (tertiary/aromatic N) is 1. The Bertz CT molecular complexity index is 476. The molecule has 0 aliphatic carbocycles. The van der Waals surface area contributed by atoms with Crippen LogP contribution in [0, 0.1) is 0 Å². The highest BCUT2D eigenvalue weighted by atomic mass is 16.5. The van der Waals surface area contributed by atoms with Crippen molar-refractivity contribution >= 4 is 16.9 Å². The number of H-pyrrole nitrogens is 1. The van der Waals surface area contributed by atoms with Gasteiger partial charge in [-0.15, -0.1) is 0 Å². The van der Waals surface area contributed by atoms with E-state index in [-0.39, 0.29) is 5.97 Å². The zero-order valence-electron chi connectivity index (χ0n) is 8.49. The molecule has 2 rings (SSSR count). The lowest BCUT2D eigenvalue weighted by molar-refractivity contribution is -0.142. The number of aromatic nitrogens is 2. The fourth-order valence-corrected chi connectivity index (χ4v) is 1.53. The van der Waals surface area contributed by atoms with Gasteiger partial charge >= 0.3 is 5.97 Å². The molecule has 2 aromatic rings. The first-order valence-electron chi connectivity index (χ1n) is 4.87. The van der Waals surface area contributed by atoms with Crippen LogP contribution in [0.15, 0.2) is 24.7 Å². The van der Waals surface area contributed by atoms with Crippen LogP contribution < -0.4 is 0 Å². The number of hydrogen-bond donors (Lipinski definition) is 1. The number of esters is 1. The molecule has 15 heavy (non-hydrogen) atoms. The third kappa shape index (κ3) is 1.98. The smallest absolute Gasteiger partial charge is 0.310 e. The molecule has 4 nitrogen and oxygen atoms in total. The summed E-state index contributed by atoms with van der Waals surface area (Å²) < 4.78 is 4.89. The Kier molecular flexibility index (Phi) is 2.67. The first-order chi connectivity index (χ1) is 7.31. The summed E-state index contributed by atoms with van der Waals surface area (Å²) in [7, 11) is 0. The lowest BCUT2D eigenvalue weighted by Gasteiger charge is -1.99. The Morgan fingerprint density at radius 3 is 3.27 bits per heavy atom. The van der Waals surface area contributed by atoms with Crippen LogP contribution in [0.2, 0.25) is 0 Å². The van der Waals surface area contributed by atoms with Crippen molar-refractivity contribution in [3.63, 3.8) is 0 Å². The van der Waals surface area contributed by atoms with Gasteiger partial charge in [-0.1, -0.05) is 0 Å². The van der Waals surface area contributed by atoms with Gasteiger partial charge in [-0.25, -0.2) is 0 Å². The summed E-state index contributed by atoms with van der Waals surface area (Å²) in [4.78, 5) is 18.4. The van der Waals surface area contributed by atoms with Gasteiger partial charge in [-0.05, 0) is 18.6 Å². The molecule has 0 unspecified atom stereocenters. The van der Waals surface area contributed by atoms with E-state index in [1.54, 1.807) is 19.3 Å². The van der Waals surface area contributed by atoms with Gasteiger partial charge in [-0.2, -0.15) is 0 Å². The number of carbonyl (C=O) groups excluding carboxylic acids is 1. The molecule has 78 valence electrons. The van der Waals surface area contributed by atoms with Crippen LogP contribution in [0.5, 0.6) is 0 Å². The van der Waals surface area contributed by atoms with Gasteiger partial charge in [0, 0.05) is 29.5 Å². The van der Waals surface area contributed by atoms with E-state index in [4.69, 9.17) is 4.74 Å². The maximum Gasteiger partial charge on any atom is 0.310 e. The fraction of sp³-hybridized carbons (Fsp3) is 0.273. The van der Waals surface area contributed by atoms with Gasteiger partial charge in [0.1, 0.15) is 0 Å². The van der Waals surface area contributed by atoms with E-state index in [1.807, 2.05) is 12.3 Å². The van der Waals surface area contributed by atoms with Crippen molar-refractivity contribution in [1.29, 1.82) is 0 Å². The third-order valence-electron chi connectivity index (χ3n) is 2.21. The number of fused-ring (bicyclic) bond motifs is 1. The summed E-state index contributed by atoms with van der Waals surface area (Å²) in [5.74, 6) is -0.206. The molecule has 0 radical (unpaired) electrons. The number of ether oxygens (including phenoxy) is 1. The van der Waals surface area contributed by atoms with Gasteiger partial charge in [0.05, 0.1) is 13.0 Å². The van der Waals surface area contributed by atoms with Gasteiger partial charge < -0.3 is 9.72 Å². The van der Waals surface area contributed by atoms with Crippen LogP contribution in [0.25, 0.3) is 10.9 Å². The van der Waals surface area contributed by atoms with Gasteiger partial charge in [0.25, 0.3) is 0 Å². The number of pyridine rings is 1. The fourth-order valence-electron chi connectivity index (χ4n) is 1.53. The average molecular weight is 204 g/mol. The second kappa shape index (κ2) is 4.13. The average Bonchev–Trinajstić information content (AvgIpc) is 2.62. The monoisotopic (exact) mass is 204 g/mol. The standard InChI is InChI=1S/C11H12N2O2/c1-2-15-11(14)5-8-6-13-10-3-4-12-7-9(8)10/h3-4,6-7,13H,2,5H2,1H3. The molecule has 0 amide bonds. The zero-order chi connectivity index (χ0) is 10.7. The van der Waals surface area contributed by atoms with E-state index < -0.39 is 0 Å². The predicted molar refractivity (Wildman–Crippen MR) is 56.4 cm³/mol. The molecule has 0 bridgehead atoms. The third-order valence-corrected chi connectivity index (χ3v) is 2.21. The Balaban J connectivity index is 2.25. The van der Waals surface area contributed by atoms with Crippen LogP contribution >= 0.6 is 0 Å². The van der Waals surface area contributed by atoms with Crippen molar-refractivity contribution in [1.82, 2.24) is 9.97 Å². The van der Waals surface area contributed by atoms with Crippen molar-refractivity contribution in [2.24, 2.45) is 0 Å². The van der Waals surface area contributed by atoms with Crippen molar-refractivity contribution in [2.45, 2.75) is 13.3 Å². The molecule has 0 aromatic carbocycles. The minimum atomic E-state index is -0.206. The Morgan fingerprint density at radius 2 is 2.47 bits per heavy atom. The van der Waals surface area contributed by atoms with E-state index in [1.165, 1.54) is 0 Å². The summed E-state index contributed by atoms with van der Waals surface area (Å²) in [6, 6.07) is 1.88. The molecule has 1 N–H and O–H groups in total. The summed E-state index contributed by atoms with van der Waals surface area (Å²) >= 11 is 0. The quantitative estimate of drug-likeness (QED) is 0.774. The first kappa shape index (κ1) is 9.71. The lowest BCUT2D eigenvalue weighted by atomic mass is 10.1. The number of nitrogens with one attached hydrogen (secondary N) is 1. The molecular formula is C11H12N2O2. The number of hydrogen-bond acceptors (Lipinski definition) is 3. The maximum absolute atomic E-state index is 11.3. The minimum Gasteiger partial charge on any atom is -0.466 e. The van der Waals surface area contributed by atoms with E-state index >= 15 is 0 Å². The van der Waals surface area contributed by atoms with Crippen LogP contribution in [0.1, 0.15) is 12.5 Å². The van der Waals surface area contributed by atoms with Crippen molar-refractivity contribution in [3.8, 4) is 0 Å². The molecule has 0 atom stereocenters. The molecule has 2 heterocycles. The molecule has 0 aliphatic heterocycles. The van der Waals surface area contributed by atoms with Crippen LogP contribution in [-0.2, 0) is 16.0 Å². The lowest BCUT2D eigenvalue weighted by Crippen LogP contribution is -2.06. The summed E-state index contributed by atoms with van der Waals surface area (Å²) in [6.07, 6.45) is 5.58. The Hall–Kier alpha value is -1.84. The molecule has 4 heteroatoms. The Labute approximate surface area is 87.3 Å². The van der Waals surface area contributed by atoms with Gasteiger partial charge in [0.15, 0.2) is 0 Å². The summed E-state index contributed by atoms with van der Waals surface area (Å²) in [5, 5.41) is 0.977. The Morgan fingerprint density at radius 1 is 1.60 bits per heavy atom. The molecule has 0 fully saturated rings. The van der Waals surface area contributed by atoms with Crippen LogP contribution in [0.3, 0.4) is 0 Å². The summed E-state index contributed by atoms with van der Waals surface area (Å²) in [5.41, 5.74) is 1.92. The van der Waals surface area contributed by atoms with E-state index in [2.05, 4.69) is 9.97 Å². The molecule has 2 aromatic heterocycles. The maximum atomic E-state index is 11.3. The molecular weight excluding hydrogens is 192 g/mol. The molecule has 0 aliphatic rings. The number of aromatic amines is 1. The van der Waals surface area contributed by atoms with Crippen LogP contribution in [0.4, 0.5) is 0 Å². The molecule has 0 saturated heterocycles. The van der Waals surface area contributed by atoms with E-state index in [9.17, 15) is 4.79 Å². The molecule has 0 saturated carbocycles. The van der Waals surface area contributed by atoms with Crippen LogP contribution in [-0.4, -0.2) is 22.5 Å². The highest BCUT2D eigenvalue weighted by Crippen LogP contribution is 2.17. The minimum absolute atomic E-state index is 0.206. The van der Waals surface area contributed by atoms with E-state index in [0.717, 1.165) is 16.5 Å². The normalized spacial score (nSPS) is 10.5. The first-order valence-corrected chi connectivity index (χ1v) is 4.87. The van der Waals surface area contributed by atoms with Crippen molar-refractivity contribution in [3.05, 3.63) is 30.2 Å². The highest BCUT2D eigenvalue weighted by molar-refractivity contribution is 5.86. The molecule has 0 spiro atoms. The van der Waals surface area contributed by atoms with E-state index in [0.29, 0.717) is 13.0 Å². The number of rotatable bonds is 3. The predicted octanol–water partition coefficient (Wildman–Crippen LogP) is 1.67. The summed E-state index contributed by atoms with van der Waals surface area (Å²) in [6.45, 7) is 2.22. The largest absolute Gasteiger partial charge is 0.466 e. The van der Waals surface area contributed by atoms with Crippen molar-refractivity contribution in [2.75, 3.05) is 6.61 Å². The van der Waals surface area contributed by atoms with Gasteiger partial charge in [-0.3, -0.25) is 9.78 Å². The van der Waals surface area contributed by atoms with Gasteiger partial charge in [0.2, 0.25) is 0 Å². The zero-order valence-corrected chi connectivity index (χ0v) is 8.49.